The fraction of sp³-hybridized carbons (Fsp3) is 0.118. The Morgan fingerprint density at radius 1 is 1.14 bits per heavy atom. The van der Waals surface area contributed by atoms with E-state index in [1.807, 2.05) is 48.5 Å². The highest BCUT2D eigenvalue weighted by Crippen LogP contribution is 2.29. The number of para-hydroxylation sites is 1. The predicted molar refractivity (Wildman–Crippen MR) is 87.6 cm³/mol. The third-order valence-corrected chi connectivity index (χ3v) is 3.68. The second kappa shape index (κ2) is 6.02. The number of rotatable bonds is 4. The number of aromatic nitrogens is 1. The predicted octanol–water partition coefficient (Wildman–Crippen LogP) is 4.73. The van der Waals surface area contributed by atoms with Crippen LogP contribution in [0.1, 0.15) is 5.56 Å². The smallest absolute Gasteiger partial charge is 0.138 e. The van der Waals surface area contributed by atoms with Crippen molar-refractivity contribution in [3.63, 3.8) is 0 Å². The Morgan fingerprint density at radius 3 is 2.81 bits per heavy atom. The third kappa shape index (κ3) is 2.78. The van der Waals surface area contributed by atoms with Gasteiger partial charge in [-0.15, -0.1) is 11.6 Å². The molecule has 1 aromatic heterocycles. The molecule has 3 nitrogen and oxygen atoms in total. The Bertz CT molecular complexity index is 774. The van der Waals surface area contributed by atoms with Crippen molar-refractivity contribution in [2.45, 2.75) is 5.88 Å². The van der Waals surface area contributed by atoms with Gasteiger partial charge in [0.1, 0.15) is 11.6 Å². The van der Waals surface area contributed by atoms with Gasteiger partial charge in [-0.3, -0.25) is 0 Å². The van der Waals surface area contributed by atoms with Crippen LogP contribution in [-0.2, 0) is 5.88 Å². The number of nitrogens with one attached hydrogen (secondary N) is 1. The minimum atomic E-state index is 0.456. The highest BCUT2D eigenvalue weighted by molar-refractivity contribution is 6.17. The van der Waals surface area contributed by atoms with Crippen molar-refractivity contribution in [3.8, 4) is 5.75 Å². The van der Waals surface area contributed by atoms with Crippen LogP contribution in [0, 0.1) is 0 Å². The van der Waals surface area contributed by atoms with Crippen molar-refractivity contribution < 1.29 is 4.74 Å². The van der Waals surface area contributed by atoms with Crippen molar-refractivity contribution in [1.82, 2.24) is 4.98 Å². The van der Waals surface area contributed by atoms with Gasteiger partial charge in [0.05, 0.1) is 7.11 Å². The molecular weight excluding hydrogens is 284 g/mol. The molecule has 3 rings (SSSR count). The highest BCUT2D eigenvalue weighted by atomic mass is 35.5. The number of nitrogens with zero attached hydrogens (tertiary/aromatic N) is 1. The quantitative estimate of drug-likeness (QED) is 0.707. The molecule has 0 spiro atoms. The normalized spacial score (nSPS) is 10.6. The number of methoxy groups -OCH3 is 1. The van der Waals surface area contributed by atoms with Crippen LogP contribution in [0.4, 0.5) is 11.5 Å². The van der Waals surface area contributed by atoms with Gasteiger partial charge >= 0.3 is 0 Å². The summed E-state index contributed by atoms with van der Waals surface area (Å²) in [5.74, 6) is 2.06. The Labute approximate surface area is 128 Å². The lowest BCUT2D eigenvalue weighted by molar-refractivity contribution is 0.415. The van der Waals surface area contributed by atoms with Gasteiger partial charge in [0.2, 0.25) is 0 Å². The average Bonchev–Trinajstić information content (AvgIpc) is 2.55. The molecule has 4 heteroatoms. The zero-order valence-electron chi connectivity index (χ0n) is 11.6. The largest absolute Gasteiger partial charge is 0.497 e. The molecule has 1 N–H and O–H groups in total. The van der Waals surface area contributed by atoms with Crippen LogP contribution in [0.15, 0.2) is 54.7 Å². The second-order valence-electron chi connectivity index (χ2n) is 4.66. The average molecular weight is 299 g/mol. The van der Waals surface area contributed by atoms with E-state index in [1.54, 1.807) is 13.3 Å². The summed E-state index contributed by atoms with van der Waals surface area (Å²) in [7, 11) is 1.66. The molecule has 0 radical (unpaired) electrons. The number of anilines is 2. The molecule has 106 valence electrons. The number of ether oxygens (including phenoxy) is 1. The monoisotopic (exact) mass is 298 g/mol. The summed E-state index contributed by atoms with van der Waals surface area (Å²) >= 11 is 5.98. The van der Waals surface area contributed by atoms with Crippen molar-refractivity contribution >= 4 is 33.9 Å². The molecule has 0 bridgehead atoms. The van der Waals surface area contributed by atoms with Gasteiger partial charge in [0.25, 0.3) is 0 Å². The van der Waals surface area contributed by atoms with Gasteiger partial charge in [-0.25, -0.2) is 4.98 Å². The summed E-state index contributed by atoms with van der Waals surface area (Å²) in [6, 6.07) is 15.9. The molecule has 0 aliphatic rings. The van der Waals surface area contributed by atoms with Crippen LogP contribution < -0.4 is 10.1 Å². The van der Waals surface area contributed by atoms with Gasteiger partial charge in [0, 0.05) is 23.2 Å². The summed E-state index contributed by atoms with van der Waals surface area (Å²) in [5, 5.41) is 5.49. The number of fused-ring (bicyclic) bond motifs is 1. The van der Waals surface area contributed by atoms with Crippen LogP contribution in [0.25, 0.3) is 10.8 Å². The molecule has 0 fully saturated rings. The van der Waals surface area contributed by atoms with Crippen molar-refractivity contribution in [2.24, 2.45) is 0 Å². The van der Waals surface area contributed by atoms with E-state index in [9.17, 15) is 0 Å². The molecule has 0 amide bonds. The Morgan fingerprint density at radius 2 is 2.00 bits per heavy atom. The zero-order chi connectivity index (χ0) is 14.7. The second-order valence-corrected chi connectivity index (χ2v) is 4.93. The minimum absolute atomic E-state index is 0.456. The van der Waals surface area contributed by atoms with E-state index in [0.29, 0.717) is 5.88 Å². The van der Waals surface area contributed by atoms with Crippen LogP contribution in [0.2, 0.25) is 0 Å². The molecule has 1 heterocycles. The number of hydrogen-bond acceptors (Lipinski definition) is 3. The maximum Gasteiger partial charge on any atom is 0.138 e. The van der Waals surface area contributed by atoms with Gasteiger partial charge in [0.15, 0.2) is 0 Å². The number of halogens is 1. The van der Waals surface area contributed by atoms with E-state index in [4.69, 9.17) is 16.3 Å². The standard InChI is InChI=1S/C17H15ClN2O/c1-21-14-7-6-12-8-9-19-17(15(12)10-14)20-16-5-3-2-4-13(16)11-18/h2-10H,11H2,1H3,(H,19,20). The van der Waals surface area contributed by atoms with Crippen LogP contribution in [0.5, 0.6) is 5.75 Å². The van der Waals surface area contributed by atoms with Crippen molar-refractivity contribution in [2.75, 3.05) is 12.4 Å². The van der Waals surface area contributed by atoms with Crippen LogP contribution >= 0.6 is 11.6 Å². The molecule has 0 aliphatic heterocycles. The summed E-state index contributed by atoms with van der Waals surface area (Å²) in [5.41, 5.74) is 2.01. The maximum absolute atomic E-state index is 5.98. The molecular formula is C17H15ClN2O. The number of pyridine rings is 1. The molecule has 3 aromatic rings. The van der Waals surface area contributed by atoms with E-state index < -0.39 is 0 Å². The van der Waals surface area contributed by atoms with Crippen molar-refractivity contribution in [1.29, 1.82) is 0 Å². The minimum Gasteiger partial charge on any atom is -0.497 e. The van der Waals surface area contributed by atoms with Crippen molar-refractivity contribution in [3.05, 3.63) is 60.3 Å². The highest BCUT2D eigenvalue weighted by Gasteiger charge is 2.06. The summed E-state index contributed by atoms with van der Waals surface area (Å²) in [6.45, 7) is 0. The number of benzene rings is 2. The lowest BCUT2D eigenvalue weighted by atomic mass is 10.1. The van der Waals surface area contributed by atoms with E-state index in [0.717, 1.165) is 33.6 Å². The Hall–Kier alpha value is -2.26. The zero-order valence-corrected chi connectivity index (χ0v) is 12.4. The lowest BCUT2D eigenvalue weighted by Gasteiger charge is -2.12. The Balaban J connectivity index is 2.07. The van der Waals surface area contributed by atoms with Gasteiger partial charge in [-0.05, 0) is 35.2 Å². The molecule has 2 aromatic carbocycles. The first-order valence-corrected chi connectivity index (χ1v) is 7.19. The van der Waals surface area contributed by atoms with Gasteiger partial charge < -0.3 is 10.1 Å². The number of alkyl halides is 1. The number of hydrogen-bond donors (Lipinski definition) is 1. The van der Waals surface area contributed by atoms with Gasteiger partial charge in [-0.2, -0.15) is 0 Å². The molecule has 21 heavy (non-hydrogen) atoms. The van der Waals surface area contributed by atoms with E-state index in [1.165, 1.54) is 0 Å². The molecule has 0 aliphatic carbocycles. The fourth-order valence-corrected chi connectivity index (χ4v) is 2.49. The van der Waals surface area contributed by atoms with Crippen LogP contribution in [0.3, 0.4) is 0 Å². The molecule has 0 saturated heterocycles. The Kier molecular flexibility index (Phi) is 3.93. The first-order chi connectivity index (χ1) is 10.3. The third-order valence-electron chi connectivity index (χ3n) is 3.39. The summed E-state index contributed by atoms with van der Waals surface area (Å²) < 4.78 is 5.30. The fourth-order valence-electron chi connectivity index (χ4n) is 2.26. The lowest BCUT2D eigenvalue weighted by Crippen LogP contribution is -1.97. The summed E-state index contributed by atoms with van der Waals surface area (Å²) in [6.07, 6.45) is 1.79. The maximum atomic E-state index is 5.98. The molecule has 0 saturated carbocycles. The van der Waals surface area contributed by atoms with E-state index >= 15 is 0 Å². The first-order valence-electron chi connectivity index (χ1n) is 6.65. The SMILES string of the molecule is COc1ccc2ccnc(Nc3ccccc3CCl)c2c1. The van der Waals surface area contributed by atoms with E-state index in [2.05, 4.69) is 10.3 Å². The molecule has 0 unspecified atom stereocenters. The molecule has 0 atom stereocenters. The van der Waals surface area contributed by atoms with Gasteiger partial charge in [-0.1, -0.05) is 24.3 Å². The van der Waals surface area contributed by atoms with E-state index in [-0.39, 0.29) is 0 Å². The summed E-state index contributed by atoms with van der Waals surface area (Å²) in [4.78, 5) is 4.44. The first kappa shape index (κ1) is 13.7. The topological polar surface area (TPSA) is 34.1 Å². The van der Waals surface area contributed by atoms with Crippen LogP contribution in [-0.4, -0.2) is 12.1 Å².